The summed E-state index contributed by atoms with van der Waals surface area (Å²) in [6, 6.07) is 20.6. The topological polar surface area (TPSA) is 0 Å². The smallest absolute Gasteiger partial charge is 0.0542 e. The van der Waals surface area contributed by atoms with Crippen molar-refractivity contribution >= 4 is 105 Å². The summed E-state index contributed by atoms with van der Waals surface area (Å²) in [6.45, 7) is 0. The van der Waals surface area contributed by atoms with Gasteiger partial charge < -0.3 is 0 Å². The molecule has 0 N–H and O–H groups in total. The first-order valence-corrected chi connectivity index (χ1v) is 11.8. The van der Waals surface area contributed by atoms with Crippen LogP contribution in [0.2, 0.25) is 0 Å². The van der Waals surface area contributed by atoms with Gasteiger partial charge in [0.15, 0.2) is 0 Å². The number of fused-ring (bicyclic) bond motifs is 9. The third-order valence-electron chi connectivity index (χ3n) is 5.15. The fourth-order valence-corrected chi connectivity index (χ4v) is 8.55. The molecule has 0 aliphatic heterocycles. The van der Waals surface area contributed by atoms with Crippen molar-refractivity contribution in [3.05, 3.63) is 60.0 Å². The number of hydrogen-bond donors (Lipinski definition) is 0. The van der Waals surface area contributed by atoms with Crippen LogP contribution in [-0.4, -0.2) is 0 Å². The second-order valence-corrected chi connectivity index (χ2v) is 10.7. The minimum absolute atomic E-state index is 1.37. The van der Waals surface area contributed by atoms with Gasteiger partial charge in [0.05, 0.1) is 9.40 Å². The molecule has 4 heterocycles. The summed E-state index contributed by atoms with van der Waals surface area (Å²) in [4.78, 5) is 0. The summed E-state index contributed by atoms with van der Waals surface area (Å²) >= 11 is 7.65. The van der Waals surface area contributed by atoms with Gasteiger partial charge in [-0.1, -0.05) is 18.2 Å². The maximum absolute atomic E-state index is 2.42. The Balaban J connectivity index is 1.66. The van der Waals surface area contributed by atoms with Crippen molar-refractivity contribution in [1.29, 1.82) is 0 Å². The van der Waals surface area contributed by atoms with Crippen LogP contribution in [-0.2, 0) is 0 Å². The summed E-state index contributed by atoms with van der Waals surface area (Å²) in [5, 5.41) is 9.19. The zero-order valence-electron chi connectivity index (χ0n) is 13.4. The Kier molecular flexibility index (Phi) is 2.63. The molecular formula is C22H10S4. The predicted octanol–water partition coefficient (Wildman–Crippen LogP) is 8.85. The molecule has 0 nitrogen and oxygen atoms in total. The van der Waals surface area contributed by atoms with E-state index < -0.39 is 0 Å². The van der Waals surface area contributed by atoms with Crippen LogP contribution in [0.15, 0.2) is 60.0 Å². The lowest BCUT2D eigenvalue weighted by Gasteiger charge is -1.94. The average molecular weight is 403 g/mol. The molecule has 4 heteroatoms. The van der Waals surface area contributed by atoms with E-state index in [9.17, 15) is 0 Å². The number of rotatable bonds is 0. The first-order chi connectivity index (χ1) is 12.8. The molecule has 7 rings (SSSR count). The van der Waals surface area contributed by atoms with Crippen LogP contribution in [0.1, 0.15) is 0 Å². The second-order valence-electron chi connectivity index (χ2n) is 6.61. The van der Waals surface area contributed by atoms with Gasteiger partial charge in [-0.05, 0) is 47.2 Å². The van der Waals surface area contributed by atoms with Gasteiger partial charge in [0.2, 0.25) is 0 Å². The van der Waals surface area contributed by atoms with Crippen molar-refractivity contribution < 1.29 is 0 Å². The van der Waals surface area contributed by atoms with E-state index in [1.165, 1.54) is 59.8 Å². The molecule has 0 amide bonds. The Morgan fingerprint density at radius 2 is 1.19 bits per heavy atom. The second kappa shape index (κ2) is 4.84. The van der Waals surface area contributed by atoms with Crippen LogP contribution in [0.4, 0.5) is 0 Å². The predicted molar refractivity (Wildman–Crippen MR) is 123 cm³/mol. The first-order valence-electron chi connectivity index (χ1n) is 8.42. The summed E-state index contributed by atoms with van der Waals surface area (Å²) in [5.41, 5.74) is 0. The maximum Gasteiger partial charge on any atom is 0.0542 e. The van der Waals surface area contributed by atoms with Crippen molar-refractivity contribution in [2.75, 3.05) is 0 Å². The lowest BCUT2D eigenvalue weighted by molar-refractivity contribution is 1.87. The van der Waals surface area contributed by atoms with E-state index in [1.54, 1.807) is 0 Å². The number of benzene rings is 3. The van der Waals surface area contributed by atoms with Gasteiger partial charge in [-0.3, -0.25) is 0 Å². The molecule has 0 bridgehead atoms. The van der Waals surface area contributed by atoms with Crippen molar-refractivity contribution in [2.45, 2.75) is 0 Å². The van der Waals surface area contributed by atoms with Crippen molar-refractivity contribution in [3.8, 4) is 0 Å². The highest BCUT2D eigenvalue weighted by atomic mass is 32.1. The van der Waals surface area contributed by atoms with E-state index in [-0.39, 0.29) is 0 Å². The van der Waals surface area contributed by atoms with Crippen molar-refractivity contribution in [2.24, 2.45) is 0 Å². The van der Waals surface area contributed by atoms with Crippen LogP contribution < -0.4 is 0 Å². The highest BCUT2D eigenvalue weighted by Gasteiger charge is 2.15. The van der Waals surface area contributed by atoms with E-state index in [0.717, 1.165) is 0 Å². The lowest BCUT2D eigenvalue weighted by atomic mass is 10.1. The Hall–Kier alpha value is -1.98. The third kappa shape index (κ3) is 1.73. The van der Waals surface area contributed by atoms with Crippen LogP contribution in [0.3, 0.4) is 0 Å². The van der Waals surface area contributed by atoms with Gasteiger partial charge in [0, 0.05) is 45.0 Å². The summed E-state index contributed by atoms with van der Waals surface area (Å²) in [7, 11) is 0. The van der Waals surface area contributed by atoms with Gasteiger partial charge in [0.25, 0.3) is 0 Å². The highest BCUT2D eigenvalue weighted by Crippen LogP contribution is 2.48. The number of thiophene rings is 4. The largest absolute Gasteiger partial charge is 0.144 e. The van der Waals surface area contributed by atoms with E-state index >= 15 is 0 Å². The monoisotopic (exact) mass is 402 g/mol. The zero-order valence-corrected chi connectivity index (χ0v) is 16.7. The SMILES string of the molecule is c1ccc2c(c1)sc1cc3c(cc12)sc1c2cc4sccc4cc2sc31. The minimum Gasteiger partial charge on any atom is -0.144 e. The minimum atomic E-state index is 1.37. The Morgan fingerprint density at radius 1 is 0.500 bits per heavy atom. The van der Waals surface area contributed by atoms with E-state index in [4.69, 9.17) is 0 Å². The molecule has 0 aliphatic carbocycles. The molecule has 0 saturated heterocycles. The molecule has 0 fully saturated rings. The maximum atomic E-state index is 2.42. The van der Waals surface area contributed by atoms with Gasteiger partial charge in [0.1, 0.15) is 0 Å². The van der Waals surface area contributed by atoms with Crippen molar-refractivity contribution in [1.82, 2.24) is 0 Å². The zero-order chi connectivity index (χ0) is 16.8. The molecule has 0 atom stereocenters. The van der Waals surface area contributed by atoms with E-state index in [2.05, 4.69) is 60.0 Å². The molecule has 7 aromatic rings. The average Bonchev–Trinajstić information content (AvgIpc) is 3.39. The molecule has 26 heavy (non-hydrogen) atoms. The molecule has 0 saturated carbocycles. The highest BCUT2D eigenvalue weighted by molar-refractivity contribution is 7.37. The molecular weight excluding hydrogens is 393 g/mol. The van der Waals surface area contributed by atoms with Gasteiger partial charge in [-0.15, -0.1) is 45.3 Å². The quantitative estimate of drug-likeness (QED) is 0.238. The van der Waals surface area contributed by atoms with Crippen LogP contribution in [0, 0.1) is 0 Å². The summed E-state index contributed by atoms with van der Waals surface area (Å²) < 4.78 is 9.91. The van der Waals surface area contributed by atoms with Crippen molar-refractivity contribution in [3.63, 3.8) is 0 Å². The molecule has 3 aromatic carbocycles. The Labute approximate surface area is 164 Å². The molecule has 122 valence electrons. The Bertz CT molecular complexity index is 1630. The molecule has 0 aliphatic rings. The van der Waals surface area contributed by atoms with Gasteiger partial charge in [-0.25, -0.2) is 0 Å². The normalized spacial score (nSPS) is 12.6. The van der Waals surface area contributed by atoms with E-state index in [0.29, 0.717) is 0 Å². The van der Waals surface area contributed by atoms with E-state index in [1.807, 2.05) is 45.3 Å². The number of hydrogen-bond acceptors (Lipinski definition) is 4. The lowest BCUT2D eigenvalue weighted by Crippen LogP contribution is -1.66. The van der Waals surface area contributed by atoms with Crippen LogP contribution in [0.25, 0.3) is 59.8 Å². The fraction of sp³-hybridized carbons (Fsp3) is 0. The van der Waals surface area contributed by atoms with Crippen LogP contribution >= 0.6 is 45.3 Å². The molecule has 4 aromatic heterocycles. The van der Waals surface area contributed by atoms with Gasteiger partial charge in [-0.2, -0.15) is 0 Å². The van der Waals surface area contributed by atoms with Gasteiger partial charge >= 0.3 is 0 Å². The Morgan fingerprint density at radius 3 is 2.08 bits per heavy atom. The molecule has 0 unspecified atom stereocenters. The first kappa shape index (κ1) is 14.1. The molecule has 0 spiro atoms. The van der Waals surface area contributed by atoms with Crippen LogP contribution in [0.5, 0.6) is 0 Å². The summed E-state index contributed by atoms with van der Waals surface area (Å²) in [5.74, 6) is 0. The standard InChI is InChI=1S/C22H10S4/c1-2-4-16-12(3-1)13-8-20-15(10-19(13)24-16)22-21(26-20)14-9-17-11(5-6-23-17)7-18(14)25-22/h1-10H. The molecule has 0 radical (unpaired) electrons. The third-order valence-corrected chi connectivity index (χ3v) is 9.67. The summed E-state index contributed by atoms with van der Waals surface area (Å²) in [6.07, 6.45) is 0. The fourth-order valence-electron chi connectivity index (χ4n) is 3.93.